The molecule has 1 aromatic carbocycles. The van der Waals surface area contributed by atoms with Crippen molar-refractivity contribution in [2.45, 2.75) is 13.1 Å². The lowest BCUT2D eigenvalue weighted by molar-refractivity contribution is -0.136. The zero-order valence-electron chi connectivity index (χ0n) is 9.28. The van der Waals surface area contributed by atoms with Gasteiger partial charge >= 0.3 is 11.8 Å². The summed E-state index contributed by atoms with van der Waals surface area (Å²) >= 11 is 0. The first-order valence-electron chi connectivity index (χ1n) is 5.07. The number of halogens is 3. The SMILES string of the molecule is C/C=C\c1nc2c(C(F)(F)F)cccc2c(=O)o1. The van der Waals surface area contributed by atoms with E-state index in [1.165, 1.54) is 18.2 Å². The molecule has 2 aromatic rings. The monoisotopic (exact) mass is 255 g/mol. The fraction of sp³-hybridized carbons (Fsp3) is 0.167. The Kier molecular flexibility index (Phi) is 2.94. The first-order valence-corrected chi connectivity index (χ1v) is 5.07. The minimum atomic E-state index is -4.56. The fourth-order valence-electron chi connectivity index (χ4n) is 1.55. The Bertz CT molecular complexity index is 671. The van der Waals surface area contributed by atoms with Gasteiger partial charge in [-0.25, -0.2) is 9.78 Å². The maximum atomic E-state index is 12.8. The van der Waals surface area contributed by atoms with Gasteiger partial charge in [0.1, 0.15) is 0 Å². The molecule has 0 unspecified atom stereocenters. The summed E-state index contributed by atoms with van der Waals surface area (Å²) in [5.74, 6) is -0.147. The van der Waals surface area contributed by atoms with Gasteiger partial charge in [0, 0.05) is 0 Å². The summed E-state index contributed by atoms with van der Waals surface area (Å²) in [6.07, 6.45) is -1.71. The zero-order chi connectivity index (χ0) is 13.3. The van der Waals surface area contributed by atoms with E-state index in [0.717, 1.165) is 12.1 Å². The molecule has 6 heteroatoms. The molecule has 1 heterocycles. The van der Waals surface area contributed by atoms with E-state index in [1.807, 2.05) is 0 Å². The second-order valence-corrected chi connectivity index (χ2v) is 3.54. The van der Waals surface area contributed by atoms with Crippen molar-refractivity contribution in [3.63, 3.8) is 0 Å². The molecule has 0 atom stereocenters. The van der Waals surface area contributed by atoms with Crippen LogP contribution in [0.1, 0.15) is 18.4 Å². The number of allylic oxidation sites excluding steroid dienone is 1. The summed E-state index contributed by atoms with van der Waals surface area (Å²) in [7, 11) is 0. The molecule has 0 bridgehead atoms. The molecule has 0 radical (unpaired) electrons. The number of fused-ring (bicyclic) bond motifs is 1. The Morgan fingerprint density at radius 2 is 2.06 bits per heavy atom. The lowest BCUT2D eigenvalue weighted by Crippen LogP contribution is -2.11. The van der Waals surface area contributed by atoms with E-state index in [0.29, 0.717) is 0 Å². The molecule has 0 N–H and O–H groups in total. The molecule has 0 aliphatic rings. The summed E-state index contributed by atoms with van der Waals surface area (Å²) in [4.78, 5) is 15.3. The molecule has 0 aliphatic carbocycles. The van der Waals surface area contributed by atoms with Gasteiger partial charge < -0.3 is 4.42 Å². The molecule has 0 fully saturated rings. The summed E-state index contributed by atoms with van der Waals surface area (Å²) in [5.41, 5.74) is -2.17. The third-order valence-electron chi connectivity index (χ3n) is 2.29. The van der Waals surface area contributed by atoms with Crippen LogP contribution in [-0.2, 0) is 6.18 Å². The number of aromatic nitrogens is 1. The van der Waals surface area contributed by atoms with Crippen LogP contribution >= 0.6 is 0 Å². The zero-order valence-corrected chi connectivity index (χ0v) is 9.28. The fourth-order valence-corrected chi connectivity index (χ4v) is 1.55. The lowest BCUT2D eigenvalue weighted by Gasteiger charge is -2.08. The van der Waals surface area contributed by atoms with Crippen LogP contribution < -0.4 is 5.63 Å². The van der Waals surface area contributed by atoms with Gasteiger partial charge in [-0.15, -0.1) is 0 Å². The topological polar surface area (TPSA) is 43.1 Å². The van der Waals surface area contributed by atoms with E-state index in [1.54, 1.807) is 6.92 Å². The number of para-hydroxylation sites is 1. The number of alkyl halides is 3. The molecule has 0 aliphatic heterocycles. The summed E-state index contributed by atoms with van der Waals surface area (Å²) in [6.45, 7) is 1.64. The molecular formula is C12H8F3NO2. The van der Waals surface area contributed by atoms with E-state index in [-0.39, 0.29) is 11.3 Å². The highest BCUT2D eigenvalue weighted by molar-refractivity contribution is 5.81. The van der Waals surface area contributed by atoms with Crippen molar-refractivity contribution in [3.05, 3.63) is 46.1 Å². The van der Waals surface area contributed by atoms with Crippen LogP contribution in [-0.4, -0.2) is 4.98 Å². The van der Waals surface area contributed by atoms with E-state index in [4.69, 9.17) is 4.42 Å². The molecule has 0 saturated carbocycles. The maximum absolute atomic E-state index is 12.8. The van der Waals surface area contributed by atoms with Crippen LogP contribution in [0.5, 0.6) is 0 Å². The van der Waals surface area contributed by atoms with Gasteiger partial charge in [0.2, 0.25) is 5.89 Å². The molecule has 0 amide bonds. The second-order valence-electron chi connectivity index (χ2n) is 3.54. The average Bonchev–Trinajstić information content (AvgIpc) is 2.27. The van der Waals surface area contributed by atoms with Crippen molar-refractivity contribution in [1.82, 2.24) is 4.98 Å². The Morgan fingerprint density at radius 1 is 1.33 bits per heavy atom. The molecule has 2 rings (SSSR count). The van der Waals surface area contributed by atoms with Crippen molar-refractivity contribution in [2.24, 2.45) is 0 Å². The summed E-state index contributed by atoms with van der Waals surface area (Å²) in [5, 5.41) is -0.182. The lowest BCUT2D eigenvalue weighted by atomic mass is 10.1. The highest BCUT2D eigenvalue weighted by atomic mass is 19.4. The van der Waals surface area contributed by atoms with Crippen molar-refractivity contribution in [2.75, 3.05) is 0 Å². The molecular weight excluding hydrogens is 247 g/mol. The standard InChI is InChI=1S/C12H8F3NO2/c1-2-4-9-16-10-7(11(17)18-9)5-3-6-8(10)12(13,14)15/h2-6H,1H3/b4-2-. The number of rotatable bonds is 1. The van der Waals surface area contributed by atoms with Crippen molar-refractivity contribution in [1.29, 1.82) is 0 Å². The quantitative estimate of drug-likeness (QED) is 0.785. The minimum absolute atomic E-state index is 0.147. The molecule has 0 saturated heterocycles. The van der Waals surface area contributed by atoms with Crippen molar-refractivity contribution in [3.8, 4) is 0 Å². The van der Waals surface area contributed by atoms with Crippen molar-refractivity contribution >= 4 is 17.0 Å². The predicted octanol–water partition coefficient (Wildman–Crippen LogP) is 3.24. The van der Waals surface area contributed by atoms with E-state index in [2.05, 4.69) is 4.98 Å². The number of benzene rings is 1. The molecule has 3 nitrogen and oxygen atoms in total. The van der Waals surface area contributed by atoms with Crippen molar-refractivity contribution < 1.29 is 17.6 Å². The summed E-state index contributed by atoms with van der Waals surface area (Å²) < 4.78 is 43.1. The van der Waals surface area contributed by atoms with Crippen LogP contribution in [0.15, 0.2) is 33.5 Å². The predicted molar refractivity (Wildman–Crippen MR) is 60.0 cm³/mol. The number of hydrogen-bond donors (Lipinski definition) is 0. The Morgan fingerprint density at radius 3 is 2.67 bits per heavy atom. The summed E-state index contributed by atoms with van der Waals surface area (Å²) in [6, 6.07) is 3.29. The largest absolute Gasteiger partial charge is 0.418 e. The second kappa shape index (κ2) is 4.29. The first kappa shape index (κ1) is 12.3. The molecule has 0 spiro atoms. The molecule has 18 heavy (non-hydrogen) atoms. The Labute approximate surface area is 99.6 Å². The first-order chi connectivity index (χ1) is 8.43. The molecule has 94 valence electrons. The van der Waals surface area contributed by atoms with Gasteiger partial charge in [0.15, 0.2) is 0 Å². The van der Waals surface area contributed by atoms with E-state index >= 15 is 0 Å². The van der Waals surface area contributed by atoms with E-state index < -0.39 is 22.9 Å². The number of hydrogen-bond acceptors (Lipinski definition) is 3. The van der Waals surface area contributed by atoms with Gasteiger partial charge in [-0.2, -0.15) is 13.2 Å². The van der Waals surface area contributed by atoms with Gasteiger partial charge in [-0.1, -0.05) is 12.1 Å². The maximum Gasteiger partial charge on any atom is 0.418 e. The highest BCUT2D eigenvalue weighted by Gasteiger charge is 2.33. The van der Waals surface area contributed by atoms with Gasteiger partial charge in [0.05, 0.1) is 16.5 Å². The number of nitrogens with zero attached hydrogens (tertiary/aromatic N) is 1. The van der Waals surface area contributed by atoms with Gasteiger partial charge in [-0.05, 0) is 25.1 Å². The van der Waals surface area contributed by atoms with Crippen LogP contribution in [0, 0.1) is 0 Å². The smallest absolute Gasteiger partial charge is 0.404 e. The van der Waals surface area contributed by atoms with Crippen LogP contribution in [0.4, 0.5) is 13.2 Å². The van der Waals surface area contributed by atoms with Crippen LogP contribution in [0.25, 0.3) is 17.0 Å². The van der Waals surface area contributed by atoms with Crippen LogP contribution in [0.3, 0.4) is 0 Å². The van der Waals surface area contributed by atoms with Crippen LogP contribution in [0.2, 0.25) is 0 Å². The third-order valence-corrected chi connectivity index (χ3v) is 2.29. The van der Waals surface area contributed by atoms with Gasteiger partial charge in [0.25, 0.3) is 0 Å². The molecule has 1 aromatic heterocycles. The minimum Gasteiger partial charge on any atom is -0.404 e. The Hall–Kier alpha value is -2.11. The normalized spacial score (nSPS) is 12.4. The Balaban J connectivity index is 2.86. The highest BCUT2D eigenvalue weighted by Crippen LogP contribution is 2.33. The average molecular weight is 255 g/mol. The van der Waals surface area contributed by atoms with E-state index in [9.17, 15) is 18.0 Å². The third kappa shape index (κ3) is 2.13. The van der Waals surface area contributed by atoms with Gasteiger partial charge in [-0.3, -0.25) is 0 Å².